The molecule has 0 unspecified atom stereocenters. The highest BCUT2D eigenvalue weighted by molar-refractivity contribution is 5.43. The fraction of sp³-hybridized carbons (Fsp3) is 0.375. The van der Waals surface area contributed by atoms with Crippen molar-refractivity contribution in [3.63, 3.8) is 0 Å². The van der Waals surface area contributed by atoms with Crippen LogP contribution in [0.1, 0.15) is 0 Å². The van der Waals surface area contributed by atoms with Crippen molar-refractivity contribution in [2.24, 2.45) is 0 Å². The van der Waals surface area contributed by atoms with Crippen LogP contribution in [0.25, 0.3) is 0 Å². The number of rotatable bonds is 5. The van der Waals surface area contributed by atoms with Crippen LogP contribution >= 0.6 is 0 Å². The molecule has 14 heavy (non-hydrogen) atoms. The average molecular weight is 197 g/mol. The number of methoxy groups -OCH3 is 1. The van der Waals surface area contributed by atoms with Crippen LogP contribution in [0, 0.1) is 10.1 Å². The van der Waals surface area contributed by atoms with Gasteiger partial charge in [-0.2, -0.15) is 0 Å². The van der Waals surface area contributed by atoms with Crippen LogP contribution in [0.15, 0.2) is 18.3 Å². The first-order valence-corrected chi connectivity index (χ1v) is 4.07. The first-order chi connectivity index (χ1) is 6.74. The zero-order valence-electron chi connectivity index (χ0n) is 7.77. The highest BCUT2D eigenvalue weighted by Crippen LogP contribution is 2.13. The Morgan fingerprint density at radius 1 is 1.71 bits per heavy atom. The van der Waals surface area contributed by atoms with E-state index in [0.717, 1.165) is 0 Å². The van der Waals surface area contributed by atoms with Gasteiger partial charge in [-0.15, -0.1) is 0 Å². The predicted octanol–water partition coefficient (Wildman–Crippen LogP) is 1.05. The van der Waals surface area contributed by atoms with Gasteiger partial charge in [-0.3, -0.25) is 10.1 Å². The third-order valence-corrected chi connectivity index (χ3v) is 1.57. The lowest BCUT2D eigenvalue weighted by atomic mass is 10.4. The highest BCUT2D eigenvalue weighted by Gasteiger charge is 2.05. The van der Waals surface area contributed by atoms with Crippen LogP contribution in [-0.2, 0) is 4.74 Å². The fourth-order valence-electron chi connectivity index (χ4n) is 0.911. The fourth-order valence-corrected chi connectivity index (χ4v) is 0.911. The molecule has 0 bridgehead atoms. The van der Waals surface area contributed by atoms with Crippen molar-refractivity contribution in [1.82, 2.24) is 4.98 Å². The first-order valence-electron chi connectivity index (χ1n) is 4.07. The summed E-state index contributed by atoms with van der Waals surface area (Å²) in [6.45, 7) is 1.11. The zero-order chi connectivity index (χ0) is 10.4. The van der Waals surface area contributed by atoms with Crippen molar-refractivity contribution in [2.45, 2.75) is 0 Å². The molecule has 0 amide bonds. The maximum Gasteiger partial charge on any atom is 0.274 e. The molecule has 1 N–H and O–H groups in total. The second-order valence-corrected chi connectivity index (χ2v) is 2.58. The lowest BCUT2D eigenvalue weighted by molar-refractivity contribution is -0.384. The van der Waals surface area contributed by atoms with Gasteiger partial charge in [0, 0.05) is 25.9 Å². The summed E-state index contributed by atoms with van der Waals surface area (Å²) in [5.41, 5.74) is 0.0277. The Labute approximate surface area is 81.1 Å². The van der Waals surface area contributed by atoms with Crippen molar-refractivity contribution in [2.75, 3.05) is 25.6 Å². The van der Waals surface area contributed by atoms with Gasteiger partial charge in [0.2, 0.25) is 0 Å². The summed E-state index contributed by atoms with van der Waals surface area (Å²) in [6, 6.07) is 2.73. The van der Waals surface area contributed by atoms with Crippen LogP contribution in [0.3, 0.4) is 0 Å². The van der Waals surface area contributed by atoms with E-state index in [2.05, 4.69) is 10.3 Å². The molecule has 0 spiro atoms. The van der Waals surface area contributed by atoms with Gasteiger partial charge in [0.05, 0.1) is 17.6 Å². The number of anilines is 1. The van der Waals surface area contributed by atoms with Crippen LogP contribution in [0.2, 0.25) is 0 Å². The van der Waals surface area contributed by atoms with E-state index >= 15 is 0 Å². The molecule has 0 fully saturated rings. The number of ether oxygens (including phenoxy) is 1. The number of hydrogen-bond acceptors (Lipinski definition) is 5. The number of nitrogens with one attached hydrogen (secondary N) is 1. The minimum atomic E-state index is -0.455. The molecule has 1 aromatic rings. The Kier molecular flexibility index (Phi) is 3.81. The molecule has 1 heterocycles. The number of hydrogen-bond donors (Lipinski definition) is 1. The van der Waals surface area contributed by atoms with Gasteiger partial charge < -0.3 is 10.1 Å². The van der Waals surface area contributed by atoms with Crippen molar-refractivity contribution in [1.29, 1.82) is 0 Å². The molecule has 0 aromatic carbocycles. The molecule has 6 heteroatoms. The summed E-state index contributed by atoms with van der Waals surface area (Å²) < 4.78 is 4.82. The summed E-state index contributed by atoms with van der Waals surface area (Å²) >= 11 is 0. The van der Waals surface area contributed by atoms with E-state index in [1.54, 1.807) is 7.11 Å². The second kappa shape index (κ2) is 5.13. The molecule has 76 valence electrons. The second-order valence-electron chi connectivity index (χ2n) is 2.58. The zero-order valence-corrected chi connectivity index (χ0v) is 7.77. The van der Waals surface area contributed by atoms with Crippen LogP contribution in [0.4, 0.5) is 11.5 Å². The topological polar surface area (TPSA) is 77.3 Å². The summed E-state index contributed by atoms with van der Waals surface area (Å²) in [6.07, 6.45) is 1.40. The highest BCUT2D eigenvalue weighted by atomic mass is 16.6. The van der Waals surface area contributed by atoms with E-state index in [9.17, 15) is 10.1 Å². The normalized spacial score (nSPS) is 9.79. The molecule has 0 saturated carbocycles. The summed E-state index contributed by atoms with van der Waals surface area (Å²) in [4.78, 5) is 13.9. The summed E-state index contributed by atoms with van der Waals surface area (Å²) in [5.74, 6) is 0.483. The Balaban J connectivity index is 2.59. The van der Waals surface area contributed by atoms with E-state index in [1.807, 2.05) is 0 Å². The molecule has 0 aliphatic rings. The van der Waals surface area contributed by atoms with Crippen molar-refractivity contribution < 1.29 is 9.66 Å². The van der Waals surface area contributed by atoms with E-state index in [0.29, 0.717) is 19.0 Å². The SMILES string of the molecule is COCCNc1cc([N+](=O)[O-])ccn1. The quantitative estimate of drug-likeness (QED) is 0.433. The Bertz CT molecular complexity index is 316. The first kappa shape index (κ1) is 10.4. The number of pyridine rings is 1. The lowest BCUT2D eigenvalue weighted by Gasteiger charge is -2.03. The van der Waals surface area contributed by atoms with E-state index in [-0.39, 0.29) is 5.69 Å². The summed E-state index contributed by atoms with van der Waals surface area (Å²) in [5, 5.41) is 13.3. The minimum Gasteiger partial charge on any atom is -0.383 e. The minimum absolute atomic E-state index is 0.0277. The lowest BCUT2D eigenvalue weighted by Crippen LogP contribution is -2.08. The molecule has 1 aromatic heterocycles. The molecule has 0 aliphatic heterocycles. The van der Waals surface area contributed by atoms with Gasteiger partial charge in [0.15, 0.2) is 0 Å². The Hall–Kier alpha value is -1.69. The van der Waals surface area contributed by atoms with Gasteiger partial charge >= 0.3 is 0 Å². The molecule has 0 aliphatic carbocycles. The third-order valence-electron chi connectivity index (χ3n) is 1.57. The van der Waals surface area contributed by atoms with Crippen molar-refractivity contribution >= 4 is 11.5 Å². The Morgan fingerprint density at radius 3 is 3.14 bits per heavy atom. The van der Waals surface area contributed by atoms with Crippen LogP contribution in [0.5, 0.6) is 0 Å². The smallest absolute Gasteiger partial charge is 0.274 e. The summed E-state index contributed by atoms with van der Waals surface area (Å²) in [7, 11) is 1.59. The van der Waals surface area contributed by atoms with Crippen molar-refractivity contribution in [3.05, 3.63) is 28.4 Å². The maximum absolute atomic E-state index is 10.4. The van der Waals surface area contributed by atoms with Gasteiger partial charge in [-0.25, -0.2) is 4.98 Å². The monoisotopic (exact) mass is 197 g/mol. The molecule has 0 saturated heterocycles. The molecule has 0 atom stereocenters. The molecule has 0 radical (unpaired) electrons. The third kappa shape index (κ3) is 2.98. The van der Waals surface area contributed by atoms with E-state index in [1.165, 1.54) is 18.3 Å². The van der Waals surface area contributed by atoms with E-state index < -0.39 is 4.92 Å². The molecular formula is C8H11N3O3. The van der Waals surface area contributed by atoms with Gasteiger partial charge in [0.25, 0.3) is 5.69 Å². The molecule has 1 rings (SSSR count). The standard InChI is InChI=1S/C8H11N3O3/c1-14-5-4-10-8-6-7(11(12)13)2-3-9-8/h2-3,6H,4-5H2,1H3,(H,9,10). The van der Waals surface area contributed by atoms with Crippen LogP contribution < -0.4 is 5.32 Å². The largest absolute Gasteiger partial charge is 0.383 e. The number of aromatic nitrogens is 1. The Morgan fingerprint density at radius 2 is 2.50 bits per heavy atom. The molecule has 6 nitrogen and oxygen atoms in total. The van der Waals surface area contributed by atoms with Crippen molar-refractivity contribution in [3.8, 4) is 0 Å². The van der Waals surface area contributed by atoms with Crippen LogP contribution in [-0.4, -0.2) is 30.2 Å². The maximum atomic E-state index is 10.4. The molecular weight excluding hydrogens is 186 g/mol. The predicted molar refractivity (Wildman–Crippen MR) is 51.3 cm³/mol. The van der Waals surface area contributed by atoms with Gasteiger partial charge in [-0.05, 0) is 0 Å². The number of nitro groups is 1. The van der Waals surface area contributed by atoms with Gasteiger partial charge in [-0.1, -0.05) is 0 Å². The van der Waals surface area contributed by atoms with Gasteiger partial charge in [0.1, 0.15) is 5.82 Å². The van der Waals surface area contributed by atoms with E-state index in [4.69, 9.17) is 4.74 Å². The average Bonchev–Trinajstić information content (AvgIpc) is 2.19. The number of nitrogens with zero attached hydrogens (tertiary/aromatic N) is 2.